The molecule has 1 N–H and O–H groups in total. The molecule has 0 atom stereocenters. The van der Waals surface area contributed by atoms with Crippen LogP contribution < -0.4 is 10.1 Å². The van der Waals surface area contributed by atoms with Gasteiger partial charge in [0.25, 0.3) is 5.91 Å². The van der Waals surface area contributed by atoms with Crippen molar-refractivity contribution in [2.75, 3.05) is 12.4 Å². The van der Waals surface area contributed by atoms with E-state index in [0.717, 1.165) is 4.47 Å². The lowest BCUT2D eigenvalue weighted by atomic mass is 10.2. The molecule has 2 rings (SSSR count). The molecule has 0 unspecified atom stereocenters. The fourth-order valence-corrected chi connectivity index (χ4v) is 1.74. The van der Waals surface area contributed by atoms with E-state index in [9.17, 15) is 4.79 Å². The van der Waals surface area contributed by atoms with E-state index >= 15 is 0 Å². The van der Waals surface area contributed by atoms with Gasteiger partial charge in [0.1, 0.15) is 5.75 Å². The molecule has 0 aliphatic rings. The fraction of sp³-hybridized carbons (Fsp3) is 0.0833. The van der Waals surface area contributed by atoms with E-state index in [1.54, 1.807) is 30.3 Å². The molecule has 2 aromatic rings. The van der Waals surface area contributed by atoms with Crippen molar-refractivity contribution in [3.05, 3.63) is 46.6 Å². The maximum atomic E-state index is 12.0. The number of carbonyl (C=O) groups is 1. The summed E-state index contributed by atoms with van der Waals surface area (Å²) in [6.45, 7) is 0. The third-order valence-electron chi connectivity index (χ3n) is 2.22. The first-order valence-electron chi connectivity index (χ1n) is 5.13. The molecule has 1 heterocycles. The number of hydrogen-bond acceptors (Lipinski definition) is 4. The molecule has 1 amide bonds. The van der Waals surface area contributed by atoms with Crippen LogP contribution in [0, 0.1) is 0 Å². The molecule has 0 bridgehead atoms. The molecule has 0 fully saturated rings. The van der Waals surface area contributed by atoms with Gasteiger partial charge in [0.2, 0.25) is 0 Å². The van der Waals surface area contributed by atoms with Crippen molar-refractivity contribution in [3.8, 4) is 5.75 Å². The first-order chi connectivity index (χ1) is 8.70. The van der Waals surface area contributed by atoms with E-state index in [0.29, 0.717) is 17.1 Å². The van der Waals surface area contributed by atoms with Crippen LogP contribution in [0.2, 0.25) is 0 Å². The van der Waals surface area contributed by atoms with E-state index in [4.69, 9.17) is 4.74 Å². The number of benzene rings is 1. The van der Waals surface area contributed by atoms with E-state index in [2.05, 4.69) is 31.4 Å². The third-order valence-corrected chi connectivity index (χ3v) is 2.72. The largest absolute Gasteiger partial charge is 0.496 e. The molecular weight excluding hydrogens is 298 g/mol. The van der Waals surface area contributed by atoms with Gasteiger partial charge in [-0.1, -0.05) is 15.9 Å². The summed E-state index contributed by atoms with van der Waals surface area (Å²) in [6.07, 6.45) is 1.54. The second kappa shape index (κ2) is 5.59. The number of halogens is 1. The third kappa shape index (κ3) is 2.84. The molecule has 0 aliphatic heterocycles. The maximum absolute atomic E-state index is 12.0. The number of carbonyl (C=O) groups excluding carboxylic acids is 1. The summed E-state index contributed by atoms with van der Waals surface area (Å²) in [4.78, 5) is 12.0. The van der Waals surface area contributed by atoms with Crippen LogP contribution in [0.25, 0.3) is 0 Å². The monoisotopic (exact) mass is 307 g/mol. The molecule has 6 heteroatoms. The lowest BCUT2D eigenvalue weighted by Crippen LogP contribution is -2.14. The molecule has 1 aromatic heterocycles. The van der Waals surface area contributed by atoms with E-state index in [1.165, 1.54) is 13.3 Å². The van der Waals surface area contributed by atoms with Gasteiger partial charge in [0.05, 0.1) is 12.7 Å². The highest BCUT2D eigenvalue weighted by molar-refractivity contribution is 9.10. The number of ether oxygens (including phenoxy) is 1. The molecule has 0 spiro atoms. The number of nitrogens with zero attached hydrogens (tertiary/aromatic N) is 2. The number of aromatic nitrogens is 2. The number of amides is 1. The van der Waals surface area contributed by atoms with Crippen LogP contribution in [-0.2, 0) is 0 Å². The zero-order valence-corrected chi connectivity index (χ0v) is 11.1. The van der Waals surface area contributed by atoms with Gasteiger partial charge >= 0.3 is 0 Å². The molecule has 5 nitrogen and oxygen atoms in total. The van der Waals surface area contributed by atoms with Crippen LogP contribution in [-0.4, -0.2) is 23.2 Å². The van der Waals surface area contributed by atoms with Crippen molar-refractivity contribution in [2.45, 2.75) is 0 Å². The lowest BCUT2D eigenvalue weighted by Gasteiger charge is -2.08. The Bertz CT molecular complexity index is 561. The highest BCUT2D eigenvalue weighted by Gasteiger charge is 2.13. The van der Waals surface area contributed by atoms with Crippen LogP contribution in [0.15, 0.2) is 41.0 Å². The summed E-state index contributed by atoms with van der Waals surface area (Å²) in [6, 6.07) is 8.53. The second-order valence-corrected chi connectivity index (χ2v) is 4.32. The first-order valence-corrected chi connectivity index (χ1v) is 5.92. The summed E-state index contributed by atoms with van der Waals surface area (Å²) < 4.78 is 6.00. The van der Waals surface area contributed by atoms with Gasteiger partial charge in [0, 0.05) is 10.7 Å². The van der Waals surface area contributed by atoms with E-state index in [1.807, 2.05) is 0 Å². The van der Waals surface area contributed by atoms with Gasteiger partial charge in [-0.3, -0.25) is 4.79 Å². The molecule has 0 saturated carbocycles. The Kier molecular flexibility index (Phi) is 3.88. The van der Waals surface area contributed by atoms with E-state index < -0.39 is 0 Å². The highest BCUT2D eigenvalue weighted by atomic mass is 79.9. The molecule has 0 saturated heterocycles. The minimum absolute atomic E-state index is 0.292. The standard InChI is InChI=1S/C12H10BrN3O2/c1-18-10-7-8(13)4-5-9(10)12(17)15-11-3-2-6-14-16-11/h2-7H,1H3,(H,15,16,17). The highest BCUT2D eigenvalue weighted by Crippen LogP contribution is 2.24. The Morgan fingerprint density at radius 1 is 1.39 bits per heavy atom. The first kappa shape index (κ1) is 12.5. The predicted octanol–water partition coefficient (Wildman–Crippen LogP) is 2.50. The molecule has 0 aliphatic carbocycles. The number of hydrogen-bond donors (Lipinski definition) is 1. The van der Waals surface area contributed by atoms with Crippen LogP contribution in [0.3, 0.4) is 0 Å². The van der Waals surface area contributed by atoms with Gasteiger partial charge in [-0.05, 0) is 30.3 Å². The number of methoxy groups -OCH3 is 1. The quantitative estimate of drug-likeness (QED) is 0.946. The molecule has 1 aromatic carbocycles. The summed E-state index contributed by atoms with van der Waals surface area (Å²) in [7, 11) is 1.51. The van der Waals surface area contributed by atoms with Crippen LogP contribution in [0.4, 0.5) is 5.82 Å². The minimum atomic E-state index is -0.292. The van der Waals surface area contributed by atoms with Crippen molar-refractivity contribution in [2.24, 2.45) is 0 Å². The Morgan fingerprint density at radius 3 is 2.89 bits per heavy atom. The van der Waals surface area contributed by atoms with Gasteiger partial charge < -0.3 is 10.1 Å². The van der Waals surface area contributed by atoms with E-state index in [-0.39, 0.29) is 5.91 Å². The van der Waals surface area contributed by atoms with Crippen LogP contribution in [0.1, 0.15) is 10.4 Å². The van der Waals surface area contributed by atoms with Crippen molar-refractivity contribution >= 4 is 27.7 Å². The zero-order valence-electron chi connectivity index (χ0n) is 9.55. The van der Waals surface area contributed by atoms with Crippen LogP contribution in [0.5, 0.6) is 5.75 Å². The summed E-state index contributed by atoms with van der Waals surface area (Å²) >= 11 is 3.32. The maximum Gasteiger partial charge on any atom is 0.260 e. The summed E-state index contributed by atoms with van der Waals surface area (Å²) in [5.41, 5.74) is 0.436. The Balaban J connectivity index is 2.24. The van der Waals surface area contributed by atoms with Crippen LogP contribution >= 0.6 is 15.9 Å². The number of anilines is 1. The molecule has 92 valence electrons. The Labute approximate surface area is 112 Å². The molecule has 0 radical (unpaired) electrons. The average molecular weight is 308 g/mol. The number of rotatable bonds is 3. The average Bonchev–Trinajstić information content (AvgIpc) is 2.39. The Hall–Kier alpha value is -1.95. The summed E-state index contributed by atoms with van der Waals surface area (Å²) in [5, 5.41) is 10.1. The van der Waals surface area contributed by atoms with Gasteiger partial charge in [-0.25, -0.2) is 0 Å². The molecular formula is C12H10BrN3O2. The zero-order chi connectivity index (χ0) is 13.0. The van der Waals surface area contributed by atoms with Gasteiger partial charge in [-0.15, -0.1) is 5.10 Å². The summed E-state index contributed by atoms with van der Waals surface area (Å²) in [5.74, 6) is 0.595. The van der Waals surface area contributed by atoms with Gasteiger partial charge in [0.15, 0.2) is 5.82 Å². The normalized spacial score (nSPS) is 9.89. The van der Waals surface area contributed by atoms with Crippen molar-refractivity contribution in [1.82, 2.24) is 10.2 Å². The van der Waals surface area contributed by atoms with Crippen molar-refractivity contribution in [1.29, 1.82) is 0 Å². The SMILES string of the molecule is COc1cc(Br)ccc1C(=O)Nc1cccnn1. The smallest absolute Gasteiger partial charge is 0.260 e. The minimum Gasteiger partial charge on any atom is -0.496 e. The van der Waals surface area contributed by atoms with Gasteiger partial charge in [-0.2, -0.15) is 5.10 Å². The fourth-order valence-electron chi connectivity index (χ4n) is 1.40. The number of nitrogens with one attached hydrogen (secondary N) is 1. The molecule has 18 heavy (non-hydrogen) atoms. The van der Waals surface area contributed by atoms with Crippen molar-refractivity contribution in [3.63, 3.8) is 0 Å². The van der Waals surface area contributed by atoms with Crippen molar-refractivity contribution < 1.29 is 9.53 Å². The second-order valence-electron chi connectivity index (χ2n) is 3.41. The predicted molar refractivity (Wildman–Crippen MR) is 70.7 cm³/mol. The Morgan fingerprint density at radius 2 is 2.22 bits per heavy atom. The lowest BCUT2D eigenvalue weighted by molar-refractivity contribution is 0.102. The topological polar surface area (TPSA) is 64.1 Å².